The van der Waals surface area contributed by atoms with Gasteiger partial charge < -0.3 is 24.0 Å². The third-order valence-electron chi connectivity index (χ3n) is 6.90. The van der Waals surface area contributed by atoms with E-state index in [1.807, 2.05) is 13.8 Å². The fourth-order valence-electron chi connectivity index (χ4n) is 4.97. The van der Waals surface area contributed by atoms with Crippen molar-refractivity contribution in [3.63, 3.8) is 0 Å². The quantitative estimate of drug-likeness (QED) is 0.322. The van der Waals surface area contributed by atoms with E-state index in [2.05, 4.69) is 10.2 Å². The summed E-state index contributed by atoms with van der Waals surface area (Å²) in [5.41, 5.74) is 1.73. The van der Waals surface area contributed by atoms with Crippen molar-refractivity contribution in [2.24, 2.45) is 0 Å². The summed E-state index contributed by atoms with van der Waals surface area (Å²) in [5, 5.41) is 8.88. The van der Waals surface area contributed by atoms with Crippen LogP contribution in [0.4, 0.5) is 0 Å². The maximum absolute atomic E-state index is 14.2. The molecule has 1 saturated heterocycles. The Kier molecular flexibility index (Phi) is 6.79. The molecule has 2 aromatic carbocycles. The van der Waals surface area contributed by atoms with Gasteiger partial charge in [-0.25, -0.2) is 9.55 Å². The van der Waals surface area contributed by atoms with Crippen LogP contribution in [0.1, 0.15) is 41.5 Å². The van der Waals surface area contributed by atoms with E-state index in [1.165, 1.54) is 24.3 Å². The predicted octanol–water partition coefficient (Wildman–Crippen LogP) is 3.81. The number of hydrogen-bond acceptors (Lipinski definition) is 7. The third-order valence-corrected chi connectivity index (χ3v) is 7.76. The lowest BCUT2D eigenvalue weighted by Gasteiger charge is -2.35. The minimum absolute atomic E-state index is 0.291. The molecule has 1 amide bonds. The molecule has 1 aliphatic rings. The summed E-state index contributed by atoms with van der Waals surface area (Å²) in [6, 6.07) is 8.50. The zero-order chi connectivity index (χ0) is 27.2. The van der Waals surface area contributed by atoms with E-state index in [1.54, 1.807) is 39.8 Å². The SMILES string of the molecule is COc1ccc(-n2nccn2)c(C(=O)N2CCC[C@@]2(C)c2nc3c(C)c(Cl)ccc3n2COP(=O)(O)O)c1. The van der Waals surface area contributed by atoms with Crippen molar-refractivity contribution in [3.8, 4) is 11.4 Å². The van der Waals surface area contributed by atoms with E-state index in [0.717, 1.165) is 0 Å². The van der Waals surface area contributed by atoms with Gasteiger partial charge in [0.2, 0.25) is 0 Å². The Morgan fingerprint density at radius 2 is 1.95 bits per heavy atom. The molecule has 0 aliphatic carbocycles. The highest BCUT2D eigenvalue weighted by Crippen LogP contribution is 2.43. The molecule has 3 heterocycles. The normalized spacial score (nSPS) is 17.9. The van der Waals surface area contributed by atoms with Crippen LogP contribution in [0.25, 0.3) is 16.7 Å². The number of aromatic nitrogens is 5. The largest absolute Gasteiger partial charge is 0.497 e. The number of likely N-dealkylation sites (tertiary alicyclic amines) is 1. The molecular weight excluding hydrogens is 535 g/mol. The van der Waals surface area contributed by atoms with E-state index < -0.39 is 20.1 Å². The van der Waals surface area contributed by atoms with Gasteiger partial charge in [0, 0.05) is 11.6 Å². The summed E-state index contributed by atoms with van der Waals surface area (Å²) in [7, 11) is -3.27. The van der Waals surface area contributed by atoms with Crippen molar-refractivity contribution in [2.45, 2.75) is 39.0 Å². The highest BCUT2D eigenvalue weighted by molar-refractivity contribution is 7.46. The van der Waals surface area contributed by atoms with Gasteiger partial charge >= 0.3 is 7.82 Å². The number of aryl methyl sites for hydroxylation is 1. The van der Waals surface area contributed by atoms with Gasteiger partial charge in [-0.3, -0.25) is 9.32 Å². The van der Waals surface area contributed by atoms with E-state index in [4.69, 9.17) is 25.8 Å². The van der Waals surface area contributed by atoms with Crippen LogP contribution in [-0.4, -0.2) is 58.8 Å². The lowest BCUT2D eigenvalue weighted by molar-refractivity contribution is 0.0581. The Bertz CT molecular complexity index is 1570. The van der Waals surface area contributed by atoms with Crippen molar-refractivity contribution in [2.75, 3.05) is 13.7 Å². The van der Waals surface area contributed by atoms with Gasteiger partial charge in [-0.2, -0.15) is 15.0 Å². The predicted molar refractivity (Wildman–Crippen MR) is 138 cm³/mol. The molecule has 4 aromatic rings. The minimum atomic E-state index is -4.79. The standard InChI is InChI=1S/C24H26ClN6O6P/c1-15-18(25)6-8-20-21(15)28-23(29(20)14-37-38(33,34)35)24(2)9-4-12-30(24)22(32)17-13-16(36-3)5-7-19(17)31-26-10-11-27-31/h5-8,10-11,13H,4,9,12,14H2,1-3H3,(H2,33,34,35)/t24-/m0/s1. The lowest BCUT2D eigenvalue weighted by Crippen LogP contribution is -2.45. The number of benzene rings is 2. The number of nitrogens with zero attached hydrogens (tertiary/aromatic N) is 6. The summed E-state index contributed by atoms with van der Waals surface area (Å²) in [6.07, 6.45) is 4.29. The molecule has 12 nitrogen and oxygen atoms in total. The number of carbonyl (C=O) groups is 1. The Morgan fingerprint density at radius 3 is 2.63 bits per heavy atom. The van der Waals surface area contributed by atoms with Crippen LogP contribution in [0.5, 0.6) is 5.75 Å². The average Bonchev–Trinajstić information content (AvgIpc) is 3.63. The Morgan fingerprint density at radius 1 is 1.21 bits per heavy atom. The number of halogens is 1. The first-order valence-electron chi connectivity index (χ1n) is 11.8. The molecule has 0 bridgehead atoms. The fraction of sp³-hybridized carbons (Fsp3) is 0.333. The summed E-state index contributed by atoms with van der Waals surface area (Å²) in [4.78, 5) is 40.9. The molecule has 0 unspecified atom stereocenters. The van der Waals surface area contributed by atoms with Crippen molar-refractivity contribution < 1.29 is 28.4 Å². The van der Waals surface area contributed by atoms with Crippen LogP contribution in [0, 0.1) is 6.92 Å². The molecule has 14 heteroatoms. The van der Waals surface area contributed by atoms with Crippen LogP contribution >= 0.6 is 19.4 Å². The second-order valence-corrected chi connectivity index (χ2v) is 10.8. The number of amides is 1. The van der Waals surface area contributed by atoms with Crippen LogP contribution in [0.15, 0.2) is 42.7 Å². The zero-order valence-electron chi connectivity index (χ0n) is 20.9. The first kappa shape index (κ1) is 26.3. The van der Waals surface area contributed by atoms with Crippen LogP contribution in [0.3, 0.4) is 0 Å². The number of phosphoric ester groups is 1. The molecule has 2 aromatic heterocycles. The Labute approximate surface area is 223 Å². The molecule has 0 spiro atoms. The zero-order valence-corrected chi connectivity index (χ0v) is 22.6. The molecule has 1 aliphatic heterocycles. The second-order valence-electron chi connectivity index (χ2n) is 9.19. The van der Waals surface area contributed by atoms with E-state index in [-0.39, 0.29) is 5.91 Å². The Balaban J connectivity index is 1.65. The molecule has 2 N–H and O–H groups in total. The average molecular weight is 561 g/mol. The fourth-order valence-corrected chi connectivity index (χ4v) is 5.39. The summed E-state index contributed by atoms with van der Waals surface area (Å²) in [6.45, 7) is 3.67. The highest BCUT2D eigenvalue weighted by Gasteiger charge is 2.46. The van der Waals surface area contributed by atoms with Gasteiger partial charge in [-0.1, -0.05) is 11.6 Å². The number of hydrogen-bond donors (Lipinski definition) is 2. The third kappa shape index (κ3) is 4.59. The van der Waals surface area contributed by atoms with Crippen molar-refractivity contribution in [1.29, 1.82) is 0 Å². The van der Waals surface area contributed by atoms with Gasteiger partial charge in [-0.15, -0.1) is 0 Å². The van der Waals surface area contributed by atoms with Gasteiger partial charge in [0.15, 0.2) is 0 Å². The molecule has 1 atom stereocenters. The van der Waals surface area contributed by atoms with E-state index in [0.29, 0.717) is 63.8 Å². The van der Waals surface area contributed by atoms with Crippen LogP contribution in [-0.2, 0) is 21.4 Å². The minimum Gasteiger partial charge on any atom is -0.497 e. The Hall–Kier alpha value is -3.28. The molecular formula is C24H26ClN6O6P. The molecule has 1 fully saturated rings. The number of fused-ring (bicyclic) bond motifs is 1. The van der Waals surface area contributed by atoms with Gasteiger partial charge in [0.1, 0.15) is 18.3 Å². The van der Waals surface area contributed by atoms with E-state index in [9.17, 15) is 19.1 Å². The lowest BCUT2D eigenvalue weighted by atomic mass is 9.96. The summed E-state index contributed by atoms with van der Waals surface area (Å²) in [5.74, 6) is 0.636. The topological polar surface area (TPSA) is 145 Å². The summed E-state index contributed by atoms with van der Waals surface area (Å²) >= 11 is 6.35. The first-order valence-corrected chi connectivity index (χ1v) is 13.7. The van der Waals surface area contributed by atoms with Gasteiger partial charge in [-0.05, 0) is 62.6 Å². The number of imidazole rings is 1. The van der Waals surface area contributed by atoms with Crippen molar-refractivity contribution >= 4 is 36.4 Å². The van der Waals surface area contributed by atoms with Crippen molar-refractivity contribution in [3.05, 3.63) is 64.7 Å². The monoisotopic (exact) mass is 560 g/mol. The summed E-state index contributed by atoms with van der Waals surface area (Å²) < 4.78 is 23.5. The second kappa shape index (κ2) is 9.79. The number of rotatable bonds is 7. The molecule has 5 rings (SSSR count). The molecule has 0 radical (unpaired) electrons. The number of phosphoric acid groups is 1. The smallest absolute Gasteiger partial charge is 0.471 e. The number of carbonyl (C=O) groups excluding carboxylic acids is 1. The first-order chi connectivity index (χ1) is 18.0. The number of methoxy groups -OCH3 is 1. The number of ether oxygens (including phenoxy) is 1. The van der Waals surface area contributed by atoms with Crippen molar-refractivity contribution in [1.82, 2.24) is 29.4 Å². The maximum Gasteiger partial charge on any atom is 0.471 e. The molecule has 200 valence electrons. The molecule has 0 saturated carbocycles. The van der Waals surface area contributed by atoms with Crippen LogP contribution < -0.4 is 4.74 Å². The highest BCUT2D eigenvalue weighted by atomic mass is 35.5. The van der Waals surface area contributed by atoms with Crippen LogP contribution in [0.2, 0.25) is 5.02 Å². The maximum atomic E-state index is 14.2. The van der Waals surface area contributed by atoms with E-state index >= 15 is 0 Å². The van der Waals surface area contributed by atoms with Gasteiger partial charge in [0.25, 0.3) is 5.91 Å². The van der Waals surface area contributed by atoms with Gasteiger partial charge in [0.05, 0.1) is 47.3 Å². The molecule has 38 heavy (non-hydrogen) atoms.